The van der Waals surface area contributed by atoms with Crippen LogP contribution in [0.1, 0.15) is 37.4 Å². The van der Waals surface area contributed by atoms with E-state index in [4.69, 9.17) is 10.3 Å². The van der Waals surface area contributed by atoms with Crippen molar-refractivity contribution in [3.63, 3.8) is 0 Å². The molecule has 0 spiro atoms. The SMILES string of the molecule is Nc1noc(C2CCC(F)(F)CC2)c1-c1ccc(Br)cc1. The van der Waals surface area contributed by atoms with Crippen LogP contribution in [0, 0.1) is 0 Å². The minimum Gasteiger partial charge on any atom is -0.380 e. The number of anilines is 1. The van der Waals surface area contributed by atoms with Crippen LogP contribution in [0.4, 0.5) is 14.6 Å². The van der Waals surface area contributed by atoms with Gasteiger partial charge in [0.05, 0.1) is 5.56 Å². The third kappa shape index (κ3) is 2.95. The maximum atomic E-state index is 13.3. The van der Waals surface area contributed by atoms with Gasteiger partial charge in [-0.1, -0.05) is 33.2 Å². The van der Waals surface area contributed by atoms with Crippen molar-refractivity contribution in [1.29, 1.82) is 0 Å². The molecule has 0 amide bonds. The zero-order valence-electron chi connectivity index (χ0n) is 11.3. The summed E-state index contributed by atoms with van der Waals surface area (Å²) in [5.41, 5.74) is 7.53. The first-order valence-corrected chi connectivity index (χ1v) is 7.64. The Morgan fingerprint density at radius 2 is 1.81 bits per heavy atom. The molecule has 2 N–H and O–H groups in total. The molecule has 1 saturated carbocycles. The second kappa shape index (κ2) is 5.40. The average Bonchev–Trinajstić information content (AvgIpc) is 2.82. The van der Waals surface area contributed by atoms with Crippen LogP contribution >= 0.6 is 15.9 Å². The van der Waals surface area contributed by atoms with E-state index < -0.39 is 5.92 Å². The maximum absolute atomic E-state index is 13.3. The van der Waals surface area contributed by atoms with E-state index in [1.165, 1.54) is 0 Å². The van der Waals surface area contributed by atoms with Crippen molar-refractivity contribution < 1.29 is 13.3 Å². The molecule has 0 atom stereocenters. The molecule has 1 aromatic heterocycles. The molecule has 112 valence electrons. The van der Waals surface area contributed by atoms with Crippen LogP contribution in [0.3, 0.4) is 0 Å². The van der Waals surface area contributed by atoms with Crippen LogP contribution in [0.25, 0.3) is 11.1 Å². The number of halogens is 3. The van der Waals surface area contributed by atoms with Gasteiger partial charge in [0.15, 0.2) is 5.82 Å². The first kappa shape index (κ1) is 14.5. The monoisotopic (exact) mass is 356 g/mol. The molecule has 1 aliphatic carbocycles. The molecule has 3 rings (SSSR count). The molecular formula is C15H15BrF2N2O. The van der Waals surface area contributed by atoms with Gasteiger partial charge in [-0.2, -0.15) is 0 Å². The highest BCUT2D eigenvalue weighted by atomic mass is 79.9. The minimum atomic E-state index is -2.56. The molecule has 0 bridgehead atoms. The maximum Gasteiger partial charge on any atom is 0.248 e. The van der Waals surface area contributed by atoms with Crippen molar-refractivity contribution in [2.75, 3.05) is 5.73 Å². The Balaban J connectivity index is 1.92. The van der Waals surface area contributed by atoms with Crippen LogP contribution in [0.15, 0.2) is 33.3 Å². The number of benzene rings is 1. The summed E-state index contributed by atoms with van der Waals surface area (Å²) in [5, 5.41) is 3.83. The third-order valence-corrected chi connectivity index (χ3v) is 4.49. The summed E-state index contributed by atoms with van der Waals surface area (Å²) < 4.78 is 32.9. The Morgan fingerprint density at radius 3 is 2.43 bits per heavy atom. The molecule has 0 radical (unpaired) electrons. The summed E-state index contributed by atoms with van der Waals surface area (Å²) in [7, 11) is 0. The molecule has 0 aliphatic heterocycles. The molecular weight excluding hydrogens is 342 g/mol. The Hall–Kier alpha value is -1.43. The largest absolute Gasteiger partial charge is 0.380 e. The van der Waals surface area contributed by atoms with Gasteiger partial charge in [0.2, 0.25) is 5.92 Å². The van der Waals surface area contributed by atoms with E-state index in [2.05, 4.69) is 21.1 Å². The zero-order valence-corrected chi connectivity index (χ0v) is 12.9. The number of hydrogen-bond donors (Lipinski definition) is 1. The topological polar surface area (TPSA) is 52.0 Å². The molecule has 1 aromatic carbocycles. The number of rotatable bonds is 2. The van der Waals surface area contributed by atoms with Gasteiger partial charge in [-0.15, -0.1) is 0 Å². The Kier molecular flexibility index (Phi) is 3.73. The fourth-order valence-electron chi connectivity index (χ4n) is 2.80. The van der Waals surface area contributed by atoms with E-state index in [1.807, 2.05) is 24.3 Å². The van der Waals surface area contributed by atoms with E-state index in [1.54, 1.807) is 0 Å². The van der Waals surface area contributed by atoms with Gasteiger partial charge in [0, 0.05) is 23.2 Å². The smallest absolute Gasteiger partial charge is 0.248 e. The van der Waals surface area contributed by atoms with Crippen LogP contribution in [-0.2, 0) is 0 Å². The van der Waals surface area contributed by atoms with Crippen LogP contribution in [-0.4, -0.2) is 11.1 Å². The van der Waals surface area contributed by atoms with Crippen molar-refractivity contribution >= 4 is 21.7 Å². The van der Waals surface area contributed by atoms with Gasteiger partial charge in [-0.25, -0.2) is 8.78 Å². The lowest BCUT2D eigenvalue weighted by Gasteiger charge is -2.27. The second-order valence-electron chi connectivity index (χ2n) is 5.44. The van der Waals surface area contributed by atoms with Crippen molar-refractivity contribution in [2.24, 2.45) is 0 Å². The normalized spacial score (nSPS) is 18.8. The number of alkyl halides is 2. The van der Waals surface area contributed by atoms with E-state index >= 15 is 0 Å². The van der Waals surface area contributed by atoms with Crippen molar-refractivity contribution in [2.45, 2.75) is 37.5 Å². The van der Waals surface area contributed by atoms with Crippen LogP contribution < -0.4 is 5.73 Å². The molecule has 0 unspecified atom stereocenters. The Labute approximate surface area is 129 Å². The van der Waals surface area contributed by atoms with Crippen molar-refractivity contribution in [3.05, 3.63) is 34.5 Å². The summed E-state index contributed by atoms with van der Waals surface area (Å²) in [4.78, 5) is 0. The predicted molar refractivity (Wildman–Crippen MR) is 80.2 cm³/mol. The molecule has 1 fully saturated rings. The molecule has 6 heteroatoms. The van der Waals surface area contributed by atoms with E-state index in [0.29, 0.717) is 24.4 Å². The number of nitrogens with two attached hydrogens (primary N) is 1. The lowest BCUT2D eigenvalue weighted by atomic mass is 9.83. The molecule has 2 aromatic rings. The first-order chi connectivity index (χ1) is 9.96. The summed E-state index contributed by atoms with van der Waals surface area (Å²) in [5.74, 6) is -1.66. The summed E-state index contributed by atoms with van der Waals surface area (Å²) in [6.07, 6.45) is 0.562. The van der Waals surface area contributed by atoms with Gasteiger partial charge in [-0.05, 0) is 30.5 Å². The van der Waals surface area contributed by atoms with Crippen LogP contribution in [0.5, 0.6) is 0 Å². The van der Waals surface area contributed by atoms with Crippen molar-refractivity contribution in [3.8, 4) is 11.1 Å². The lowest BCUT2D eigenvalue weighted by Crippen LogP contribution is -2.23. The number of nitrogen functional groups attached to an aromatic ring is 1. The fraction of sp³-hybridized carbons (Fsp3) is 0.400. The zero-order chi connectivity index (χ0) is 15.0. The second-order valence-corrected chi connectivity index (χ2v) is 6.36. The van der Waals surface area contributed by atoms with Gasteiger partial charge >= 0.3 is 0 Å². The number of nitrogens with zero attached hydrogens (tertiary/aromatic N) is 1. The molecule has 1 aliphatic rings. The fourth-order valence-corrected chi connectivity index (χ4v) is 3.07. The van der Waals surface area contributed by atoms with E-state index in [9.17, 15) is 8.78 Å². The highest BCUT2D eigenvalue weighted by molar-refractivity contribution is 9.10. The summed E-state index contributed by atoms with van der Waals surface area (Å²) in [6.45, 7) is 0. The third-order valence-electron chi connectivity index (χ3n) is 3.97. The quantitative estimate of drug-likeness (QED) is 0.825. The molecule has 0 saturated heterocycles. The molecule has 3 nitrogen and oxygen atoms in total. The van der Waals surface area contributed by atoms with Gasteiger partial charge in [0.25, 0.3) is 0 Å². The Bertz CT molecular complexity index is 630. The van der Waals surface area contributed by atoms with E-state index in [0.717, 1.165) is 15.6 Å². The predicted octanol–water partition coefficient (Wildman–Crippen LogP) is 4.98. The minimum absolute atomic E-state index is 0.0481. The summed E-state index contributed by atoms with van der Waals surface area (Å²) >= 11 is 3.38. The average molecular weight is 357 g/mol. The van der Waals surface area contributed by atoms with Gasteiger partial charge in [0.1, 0.15) is 5.76 Å². The molecule has 21 heavy (non-hydrogen) atoms. The van der Waals surface area contributed by atoms with E-state index in [-0.39, 0.29) is 18.8 Å². The Morgan fingerprint density at radius 1 is 1.19 bits per heavy atom. The number of aromatic nitrogens is 1. The van der Waals surface area contributed by atoms with Gasteiger partial charge in [-0.3, -0.25) is 0 Å². The first-order valence-electron chi connectivity index (χ1n) is 6.85. The van der Waals surface area contributed by atoms with Crippen LogP contribution in [0.2, 0.25) is 0 Å². The van der Waals surface area contributed by atoms with Crippen molar-refractivity contribution in [1.82, 2.24) is 5.16 Å². The highest BCUT2D eigenvalue weighted by Gasteiger charge is 2.38. The standard InChI is InChI=1S/C15H15BrF2N2O/c16-11-3-1-9(2-4-11)12-13(21-20-14(12)19)10-5-7-15(17,18)8-6-10/h1-4,10H,5-8H2,(H2,19,20). The number of hydrogen-bond acceptors (Lipinski definition) is 3. The molecule has 1 heterocycles. The summed E-state index contributed by atoms with van der Waals surface area (Å²) in [6, 6.07) is 7.63. The highest BCUT2D eigenvalue weighted by Crippen LogP contribution is 2.45. The lowest BCUT2D eigenvalue weighted by molar-refractivity contribution is -0.0398. The van der Waals surface area contributed by atoms with Gasteiger partial charge < -0.3 is 10.3 Å².